The summed E-state index contributed by atoms with van der Waals surface area (Å²) < 4.78 is 29.6. The molecule has 180 valence electrons. The van der Waals surface area contributed by atoms with Crippen LogP contribution in [0.25, 0.3) is 11.0 Å². The average Bonchev–Trinajstić information content (AvgIpc) is 3.39. The fourth-order valence-corrected chi connectivity index (χ4v) is 8.03. The summed E-state index contributed by atoms with van der Waals surface area (Å²) in [5, 5.41) is 7.23. The van der Waals surface area contributed by atoms with Crippen LogP contribution in [0, 0.1) is 19.8 Å². The average molecular weight is 501 g/mol. The Morgan fingerprint density at radius 1 is 1.15 bits per heavy atom. The van der Waals surface area contributed by atoms with E-state index >= 15 is 0 Å². The summed E-state index contributed by atoms with van der Waals surface area (Å²) in [6.07, 6.45) is 3.00. The van der Waals surface area contributed by atoms with Gasteiger partial charge in [-0.05, 0) is 62.6 Å². The summed E-state index contributed by atoms with van der Waals surface area (Å²) >= 11 is 1.44. The molecule has 9 heteroatoms. The summed E-state index contributed by atoms with van der Waals surface area (Å²) in [5.41, 5.74) is 3.89. The molecule has 0 bridgehead atoms. The van der Waals surface area contributed by atoms with Crippen molar-refractivity contribution in [3.05, 3.63) is 51.1 Å². The normalized spacial score (nSPS) is 21.4. The number of aryl methyl sites for hydroxylation is 2. The molecule has 7 nitrogen and oxygen atoms in total. The van der Waals surface area contributed by atoms with Gasteiger partial charge < -0.3 is 15.1 Å². The maximum atomic E-state index is 13.3. The van der Waals surface area contributed by atoms with Crippen molar-refractivity contribution >= 4 is 49.0 Å². The van der Waals surface area contributed by atoms with Crippen LogP contribution in [0.3, 0.4) is 0 Å². The molecule has 0 spiro atoms. The molecule has 2 unspecified atom stereocenters. The molecule has 34 heavy (non-hydrogen) atoms. The first-order valence-corrected chi connectivity index (χ1v) is 14.2. The van der Waals surface area contributed by atoms with Crippen LogP contribution in [0.15, 0.2) is 22.6 Å². The molecule has 3 heterocycles. The van der Waals surface area contributed by atoms with Crippen LogP contribution in [0.5, 0.6) is 0 Å². The highest BCUT2D eigenvalue weighted by molar-refractivity contribution is 7.91. The number of carbonyl (C=O) groups is 2. The van der Waals surface area contributed by atoms with Gasteiger partial charge in [-0.25, -0.2) is 8.42 Å². The molecule has 1 aromatic carbocycles. The van der Waals surface area contributed by atoms with Crippen molar-refractivity contribution in [3.8, 4) is 0 Å². The highest BCUT2D eigenvalue weighted by Gasteiger charge is 2.33. The van der Waals surface area contributed by atoms with Crippen LogP contribution in [-0.2, 0) is 22.7 Å². The van der Waals surface area contributed by atoms with Crippen molar-refractivity contribution in [2.24, 2.45) is 5.92 Å². The number of anilines is 1. The number of rotatable bonds is 4. The lowest BCUT2D eigenvalue weighted by Gasteiger charge is -2.19. The van der Waals surface area contributed by atoms with E-state index in [4.69, 9.17) is 4.42 Å². The topological polar surface area (TPSA) is 105 Å². The molecular formula is C25H28N2O5S2. The lowest BCUT2D eigenvalue weighted by atomic mass is 9.88. The van der Waals surface area contributed by atoms with E-state index in [9.17, 15) is 18.0 Å². The Morgan fingerprint density at radius 3 is 2.68 bits per heavy atom. The molecule has 0 saturated carbocycles. The maximum absolute atomic E-state index is 13.3. The third-order valence-electron chi connectivity index (χ3n) is 6.83. The van der Waals surface area contributed by atoms with Gasteiger partial charge in [0.15, 0.2) is 15.6 Å². The molecule has 1 aliphatic carbocycles. The zero-order valence-corrected chi connectivity index (χ0v) is 21.1. The number of furan rings is 1. The number of benzene rings is 1. The van der Waals surface area contributed by atoms with Crippen LogP contribution in [0.1, 0.15) is 62.2 Å². The second-order valence-corrected chi connectivity index (χ2v) is 13.0. The van der Waals surface area contributed by atoms with E-state index in [-0.39, 0.29) is 23.2 Å². The van der Waals surface area contributed by atoms with Gasteiger partial charge in [0.25, 0.3) is 11.8 Å². The third-order valence-corrected chi connectivity index (χ3v) is 9.77. The number of sulfone groups is 1. The minimum Gasteiger partial charge on any atom is -0.451 e. The minimum atomic E-state index is -3.11. The molecule has 0 radical (unpaired) electrons. The molecule has 5 rings (SSSR count). The number of fused-ring (bicyclic) bond motifs is 2. The summed E-state index contributed by atoms with van der Waals surface area (Å²) in [7, 11) is -3.11. The zero-order valence-electron chi connectivity index (χ0n) is 19.5. The summed E-state index contributed by atoms with van der Waals surface area (Å²) in [6.45, 7) is 6.00. The van der Waals surface area contributed by atoms with Crippen molar-refractivity contribution in [3.63, 3.8) is 0 Å². The molecule has 1 saturated heterocycles. The maximum Gasteiger partial charge on any atom is 0.292 e. The number of nitrogens with one attached hydrogen (secondary N) is 2. The van der Waals surface area contributed by atoms with Gasteiger partial charge in [-0.15, -0.1) is 11.3 Å². The SMILES string of the molecule is Cc1ccc2c(C)c(C(=O)Nc3sc4c(c3C(=O)NC3CCS(=O)(=O)C3)CCC(C)C4)oc2c1. The lowest BCUT2D eigenvalue weighted by Crippen LogP contribution is -2.36. The van der Waals surface area contributed by atoms with Crippen LogP contribution >= 0.6 is 11.3 Å². The van der Waals surface area contributed by atoms with Crippen LogP contribution in [0.4, 0.5) is 5.00 Å². The first-order chi connectivity index (χ1) is 16.1. The Kier molecular flexibility index (Phi) is 5.80. The number of hydrogen-bond donors (Lipinski definition) is 2. The Bertz CT molecular complexity index is 1420. The Morgan fingerprint density at radius 2 is 1.94 bits per heavy atom. The second-order valence-electron chi connectivity index (χ2n) is 9.64. The first kappa shape index (κ1) is 23.1. The second kappa shape index (κ2) is 8.53. The van der Waals surface area contributed by atoms with Gasteiger partial charge in [-0.3, -0.25) is 9.59 Å². The number of thiophene rings is 1. The van der Waals surface area contributed by atoms with Crippen LogP contribution < -0.4 is 10.6 Å². The smallest absolute Gasteiger partial charge is 0.292 e. The molecule has 1 aliphatic heterocycles. The van der Waals surface area contributed by atoms with Gasteiger partial charge >= 0.3 is 0 Å². The molecule has 2 N–H and O–H groups in total. The van der Waals surface area contributed by atoms with E-state index in [2.05, 4.69) is 17.6 Å². The van der Waals surface area contributed by atoms with Crippen molar-refractivity contribution in [1.82, 2.24) is 5.32 Å². The number of amides is 2. The van der Waals surface area contributed by atoms with Crippen molar-refractivity contribution in [2.45, 2.75) is 52.5 Å². The highest BCUT2D eigenvalue weighted by Crippen LogP contribution is 2.40. The molecule has 2 aliphatic rings. The van der Waals surface area contributed by atoms with Gasteiger partial charge in [0.1, 0.15) is 10.6 Å². The molecule has 2 amide bonds. The van der Waals surface area contributed by atoms with Gasteiger partial charge in [0, 0.05) is 21.9 Å². The molecule has 2 aromatic heterocycles. The largest absolute Gasteiger partial charge is 0.451 e. The number of carbonyl (C=O) groups excluding carboxylic acids is 2. The third kappa shape index (κ3) is 4.27. The zero-order chi connectivity index (χ0) is 24.2. The fraction of sp³-hybridized carbons (Fsp3) is 0.440. The van der Waals surface area contributed by atoms with Gasteiger partial charge in [0.2, 0.25) is 0 Å². The van der Waals surface area contributed by atoms with E-state index < -0.39 is 21.8 Å². The Balaban J connectivity index is 1.47. The summed E-state index contributed by atoms with van der Waals surface area (Å²) in [4.78, 5) is 27.7. The van der Waals surface area contributed by atoms with E-state index in [1.807, 2.05) is 32.0 Å². The van der Waals surface area contributed by atoms with Crippen molar-refractivity contribution in [2.75, 3.05) is 16.8 Å². The van der Waals surface area contributed by atoms with E-state index in [1.165, 1.54) is 11.3 Å². The quantitative estimate of drug-likeness (QED) is 0.552. The molecule has 2 atom stereocenters. The highest BCUT2D eigenvalue weighted by atomic mass is 32.2. The first-order valence-electron chi connectivity index (χ1n) is 11.6. The van der Waals surface area contributed by atoms with Gasteiger partial charge in [0.05, 0.1) is 17.1 Å². The number of hydrogen-bond acceptors (Lipinski definition) is 6. The summed E-state index contributed by atoms with van der Waals surface area (Å²) in [5.74, 6) is 0.0735. The van der Waals surface area contributed by atoms with E-state index in [0.717, 1.165) is 46.2 Å². The van der Waals surface area contributed by atoms with Crippen LogP contribution in [0.2, 0.25) is 0 Å². The molecular weight excluding hydrogens is 472 g/mol. The Hall–Kier alpha value is -2.65. The van der Waals surface area contributed by atoms with Crippen LogP contribution in [-0.4, -0.2) is 37.8 Å². The predicted molar refractivity (Wildman–Crippen MR) is 134 cm³/mol. The lowest BCUT2D eigenvalue weighted by molar-refractivity contribution is 0.0941. The van der Waals surface area contributed by atoms with Gasteiger partial charge in [-0.1, -0.05) is 19.1 Å². The monoisotopic (exact) mass is 500 g/mol. The summed E-state index contributed by atoms with van der Waals surface area (Å²) in [6, 6.07) is 5.42. The molecule has 1 fully saturated rings. The van der Waals surface area contributed by atoms with E-state index in [1.54, 1.807) is 0 Å². The predicted octanol–water partition coefficient (Wildman–Crippen LogP) is 4.41. The standard InChI is InChI=1S/C25H28N2O5S2/c1-13-4-6-17-15(3)22(32-19(17)10-13)24(29)27-25-21(18-7-5-14(2)11-20(18)33-25)23(28)26-16-8-9-34(30,31)12-16/h4,6,10,14,16H,5,7-9,11-12H2,1-3H3,(H,26,28)(H,27,29). The fourth-order valence-electron chi connectivity index (χ4n) is 4.95. The van der Waals surface area contributed by atoms with Crippen molar-refractivity contribution in [1.29, 1.82) is 0 Å². The Labute approximate surface area is 202 Å². The van der Waals surface area contributed by atoms with E-state index in [0.29, 0.717) is 28.5 Å². The van der Waals surface area contributed by atoms with Gasteiger partial charge in [-0.2, -0.15) is 0 Å². The molecule has 3 aromatic rings. The van der Waals surface area contributed by atoms with Crippen molar-refractivity contribution < 1.29 is 22.4 Å². The minimum absolute atomic E-state index is 0.0403.